The van der Waals surface area contributed by atoms with E-state index in [-0.39, 0.29) is 12.2 Å². The van der Waals surface area contributed by atoms with Gasteiger partial charge in [-0.1, -0.05) is 12.1 Å². The molecule has 0 bridgehead atoms. The number of alkyl carbamates (subject to hydrolysis) is 1. The number of amides is 1. The van der Waals surface area contributed by atoms with E-state index in [0.717, 1.165) is 44.2 Å². The maximum atomic E-state index is 11.1. The van der Waals surface area contributed by atoms with Crippen LogP contribution < -0.4 is 15.0 Å². The number of carbonyl (C=O) groups excluding carboxylic acids is 1. The average Bonchev–Trinajstić information content (AvgIpc) is 2.94. The predicted molar refractivity (Wildman–Crippen MR) is 84.5 cm³/mol. The van der Waals surface area contributed by atoms with Crippen LogP contribution in [0.2, 0.25) is 0 Å². The highest BCUT2D eigenvalue weighted by molar-refractivity contribution is 5.69. The predicted octanol–water partition coefficient (Wildman–Crippen LogP) is 1.32. The van der Waals surface area contributed by atoms with Crippen LogP contribution in [0.15, 0.2) is 24.3 Å². The van der Waals surface area contributed by atoms with Crippen molar-refractivity contribution in [2.24, 2.45) is 0 Å². The number of cyclic esters (lactones) is 1. The molecule has 1 N–H and O–H groups in total. The number of anilines is 1. The van der Waals surface area contributed by atoms with Gasteiger partial charge in [-0.15, -0.1) is 0 Å². The third-order valence-electron chi connectivity index (χ3n) is 4.09. The molecule has 2 aliphatic heterocycles. The summed E-state index contributed by atoms with van der Waals surface area (Å²) >= 11 is 0. The lowest BCUT2D eigenvalue weighted by Gasteiger charge is -2.37. The highest BCUT2D eigenvalue weighted by atomic mass is 16.6. The fourth-order valence-corrected chi connectivity index (χ4v) is 2.99. The van der Waals surface area contributed by atoms with Crippen LogP contribution in [0, 0.1) is 0 Å². The monoisotopic (exact) mass is 305 g/mol. The second-order valence-electron chi connectivity index (χ2n) is 5.60. The second-order valence-corrected chi connectivity index (χ2v) is 5.60. The summed E-state index contributed by atoms with van der Waals surface area (Å²) in [6, 6.07) is 8.19. The highest BCUT2D eigenvalue weighted by Crippen LogP contribution is 2.28. The largest absolute Gasteiger partial charge is 0.492 e. The Morgan fingerprint density at radius 1 is 1.27 bits per heavy atom. The first-order valence-electron chi connectivity index (χ1n) is 7.90. The molecule has 0 radical (unpaired) electrons. The number of nitrogens with zero attached hydrogens (tertiary/aromatic N) is 2. The number of hydrogen-bond acceptors (Lipinski definition) is 5. The summed E-state index contributed by atoms with van der Waals surface area (Å²) in [4.78, 5) is 15.8. The number of benzene rings is 1. The summed E-state index contributed by atoms with van der Waals surface area (Å²) in [5, 5.41) is 2.70. The van der Waals surface area contributed by atoms with E-state index in [1.807, 2.05) is 25.1 Å². The van der Waals surface area contributed by atoms with Crippen molar-refractivity contribution in [1.29, 1.82) is 0 Å². The molecule has 2 aliphatic rings. The molecule has 2 saturated heterocycles. The van der Waals surface area contributed by atoms with E-state index < -0.39 is 0 Å². The third kappa shape index (κ3) is 3.44. The lowest BCUT2D eigenvalue weighted by atomic mass is 10.2. The first-order chi connectivity index (χ1) is 10.8. The average molecular weight is 305 g/mol. The normalized spacial score (nSPS) is 22.3. The fraction of sp³-hybridized carbons (Fsp3) is 0.562. The Morgan fingerprint density at radius 2 is 2.05 bits per heavy atom. The molecule has 6 nitrogen and oxygen atoms in total. The minimum Gasteiger partial charge on any atom is -0.492 e. The van der Waals surface area contributed by atoms with E-state index in [1.165, 1.54) is 0 Å². The van der Waals surface area contributed by atoms with Crippen LogP contribution in [0.5, 0.6) is 5.75 Å². The van der Waals surface area contributed by atoms with Gasteiger partial charge in [0, 0.05) is 32.7 Å². The van der Waals surface area contributed by atoms with Gasteiger partial charge in [0.1, 0.15) is 11.9 Å². The van der Waals surface area contributed by atoms with Gasteiger partial charge in [0.25, 0.3) is 0 Å². The second kappa shape index (κ2) is 6.87. The number of piperazine rings is 1. The topological polar surface area (TPSA) is 54.0 Å². The van der Waals surface area contributed by atoms with Crippen molar-refractivity contribution in [3.05, 3.63) is 24.3 Å². The lowest BCUT2D eigenvalue weighted by molar-refractivity contribution is 0.106. The van der Waals surface area contributed by atoms with Gasteiger partial charge >= 0.3 is 6.09 Å². The molecule has 3 rings (SSSR count). The summed E-state index contributed by atoms with van der Waals surface area (Å²) < 4.78 is 10.9. The zero-order valence-electron chi connectivity index (χ0n) is 13.0. The molecule has 0 aliphatic carbocycles. The molecule has 1 aromatic carbocycles. The molecule has 1 atom stereocenters. The molecule has 2 heterocycles. The lowest BCUT2D eigenvalue weighted by Crippen LogP contribution is -2.49. The zero-order chi connectivity index (χ0) is 15.4. The number of nitrogens with one attached hydrogen (secondary N) is 1. The van der Waals surface area contributed by atoms with Crippen molar-refractivity contribution < 1.29 is 14.3 Å². The van der Waals surface area contributed by atoms with Crippen LogP contribution in [-0.4, -0.2) is 63.0 Å². The molecule has 1 unspecified atom stereocenters. The number of carbonyl (C=O) groups is 1. The van der Waals surface area contributed by atoms with Crippen molar-refractivity contribution in [2.75, 3.05) is 50.8 Å². The molecule has 120 valence electrons. The summed E-state index contributed by atoms with van der Waals surface area (Å²) in [7, 11) is 0. The maximum Gasteiger partial charge on any atom is 0.407 e. The minimum absolute atomic E-state index is 0.0187. The van der Waals surface area contributed by atoms with Gasteiger partial charge in [0.15, 0.2) is 0 Å². The Morgan fingerprint density at radius 3 is 2.73 bits per heavy atom. The molecule has 2 fully saturated rings. The highest BCUT2D eigenvalue weighted by Gasteiger charge is 2.27. The standard InChI is InChI=1S/C16H23N3O3/c1-2-21-15-6-4-3-5-14(15)19-9-7-18(8-10-19)12-13-11-17-16(20)22-13/h3-6,13H,2,7-12H2,1H3,(H,17,20). The van der Waals surface area contributed by atoms with E-state index in [1.54, 1.807) is 0 Å². The van der Waals surface area contributed by atoms with Gasteiger partial charge in [-0.2, -0.15) is 0 Å². The van der Waals surface area contributed by atoms with Crippen molar-refractivity contribution in [2.45, 2.75) is 13.0 Å². The van der Waals surface area contributed by atoms with Gasteiger partial charge < -0.3 is 19.7 Å². The molecule has 1 aromatic rings. The van der Waals surface area contributed by atoms with Gasteiger partial charge in [-0.05, 0) is 19.1 Å². The molecule has 0 saturated carbocycles. The van der Waals surface area contributed by atoms with Crippen LogP contribution in [-0.2, 0) is 4.74 Å². The van der Waals surface area contributed by atoms with Crippen LogP contribution in [0.3, 0.4) is 0 Å². The molecule has 0 aromatic heterocycles. The van der Waals surface area contributed by atoms with Crippen molar-refractivity contribution in [1.82, 2.24) is 10.2 Å². The quantitative estimate of drug-likeness (QED) is 0.889. The molecule has 22 heavy (non-hydrogen) atoms. The first-order valence-corrected chi connectivity index (χ1v) is 7.90. The fourth-order valence-electron chi connectivity index (χ4n) is 2.99. The Bertz CT molecular complexity index is 515. The summed E-state index contributed by atoms with van der Waals surface area (Å²) in [5.74, 6) is 0.951. The van der Waals surface area contributed by atoms with Gasteiger partial charge in [-0.3, -0.25) is 4.90 Å². The SMILES string of the molecule is CCOc1ccccc1N1CCN(CC2CNC(=O)O2)CC1. The molecule has 0 spiro atoms. The van der Waals surface area contributed by atoms with E-state index in [0.29, 0.717) is 13.2 Å². The Hall–Kier alpha value is -1.95. The number of hydrogen-bond donors (Lipinski definition) is 1. The van der Waals surface area contributed by atoms with E-state index in [4.69, 9.17) is 9.47 Å². The third-order valence-corrected chi connectivity index (χ3v) is 4.09. The van der Waals surface area contributed by atoms with Crippen molar-refractivity contribution >= 4 is 11.8 Å². The molecule has 6 heteroatoms. The van der Waals surface area contributed by atoms with Crippen molar-refractivity contribution in [3.8, 4) is 5.75 Å². The minimum atomic E-state index is -0.297. The molecular formula is C16H23N3O3. The van der Waals surface area contributed by atoms with Crippen LogP contribution >= 0.6 is 0 Å². The number of rotatable bonds is 5. The van der Waals surface area contributed by atoms with E-state index >= 15 is 0 Å². The van der Waals surface area contributed by atoms with Gasteiger partial charge in [0.2, 0.25) is 0 Å². The van der Waals surface area contributed by atoms with Gasteiger partial charge in [-0.25, -0.2) is 4.79 Å². The first kappa shape index (κ1) is 15.0. The Labute approximate surface area is 131 Å². The molecule has 1 amide bonds. The maximum absolute atomic E-state index is 11.1. The van der Waals surface area contributed by atoms with E-state index in [2.05, 4.69) is 21.2 Å². The van der Waals surface area contributed by atoms with Gasteiger partial charge in [0.05, 0.1) is 18.8 Å². The molecular weight excluding hydrogens is 282 g/mol. The van der Waals surface area contributed by atoms with Crippen LogP contribution in [0.1, 0.15) is 6.92 Å². The van der Waals surface area contributed by atoms with Crippen LogP contribution in [0.4, 0.5) is 10.5 Å². The number of ether oxygens (including phenoxy) is 2. The summed E-state index contributed by atoms with van der Waals surface area (Å²) in [5.41, 5.74) is 1.16. The number of para-hydroxylation sites is 2. The zero-order valence-corrected chi connectivity index (χ0v) is 13.0. The van der Waals surface area contributed by atoms with Crippen LogP contribution in [0.25, 0.3) is 0 Å². The summed E-state index contributed by atoms with van der Waals surface area (Å²) in [6.45, 7) is 7.95. The summed E-state index contributed by atoms with van der Waals surface area (Å²) in [6.07, 6.45) is -0.316. The Balaban J connectivity index is 1.54. The smallest absolute Gasteiger partial charge is 0.407 e. The van der Waals surface area contributed by atoms with Crippen molar-refractivity contribution in [3.63, 3.8) is 0 Å². The Kier molecular flexibility index (Phi) is 4.68. The van der Waals surface area contributed by atoms with E-state index in [9.17, 15) is 4.79 Å².